The highest BCUT2D eigenvalue weighted by Crippen LogP contribution is 2.20. The van der Waals surface area contributed by atoms with Gasteiger partial charge in [0.1, 0.15) is 5.82 Å². The summed E-state index contributed by atoms with van der Waals surface area (Å²) in [5.41, 5.74) is 9.26. The molecule has 4 heteroatoms. The first-order valence-electron chi connectivity index (χ1n) is 6.16. The lowest BCUT2D eigenvalue weighted by Gasteiger charge is -2.10. The minimum absolute atomic E-state index is 0.148. The van der Waals surface area contributed by atoms with Gasteiger partial charge in [-0.15, -0.1) is 0 Å². The largest absolute Gasteiger partial charge is 0.324 e. The fourth-order valence-electron chi connectivity index (χ4n) is 2.22. The van der Waals surface area contributed by atoms with Gasteiger partial charge in [-0.1, -0.05) is 18.2 Å². The number of benzene rings is 1. The van der Waals surface area contributed by atoms with Crippen LogP contribution in [0.1, 0.15) is 17.2 Å². The van der Waals surface area contributed by atoms with Gasteiger partial charge in [0.15, 0.2) is 0 Å². The molecule has 0 saturated heterocycles. The molecule has 0 spiro atoms. The van der Waals surface area contributed by atoms with Gasteiger partial charge in [-0.3, -0.25) is 0 Å². The fraction of sp³-hybridized carbons (Fsp3) is 0.133. The van der Waals surface area contributed by atoms with Crippen molar-refractivity contribution in [1.82, 2.24) is 9.61 Å². The third-order valence-electron chi connectivity index (χ3n) is 3.22. The zero-order chi connectivity index (χ0) is 13.2. The Bertz CT molecular complexity index is 688. The van der Waals surface area contributed by atoms with Crippen LogP contribution in [0.5, 0.6) is 0 Å². The Morgan fingerprint density at radius 1 is 1.16 bits per heavy atom. The summed E-state index contributed by atoms with van der Waals surface area (Å²) in [6.07, 6.45) is 4.35. The van der Waals surface area contributed by atoms with Gasteiger partial charge >= 0.3 is 0 Å². The molecule has 0 aliphatic heterocycles. The standard InChI is InChI=1S/C15H14FN3/c16-12-6-4-11(5-7-12)9-14(17)13-10-18-19-8-2-1-3-15(13)19/h1-8,10,14H,9,17H2. The Hall–Kier alpha value is -2.20. The van der Waals surface area contributed by atoms with Crippen LogP contribution in [0.2, 0.25) is 0 Å². The van der Waals surface area contributed by atoms with Crippen molar-refractivity contribution in [2.75, 3.05) is 0 Å². The first-order chi connectivity index (χ1) is 9.24. The van der Waals surface area contributed by atoms with Gasteiger partial charge in [0.05, 0.1) is 11.7 Å². The van der Waals surface area contributed by atoms with Crippen molar-refractivity contribution in [1.29, 1.82) is 0 Å². The van der Waals surface area contributed by atoms with E-state index in [4.69, 9.17) is 5.73 Å². The summed E-state index contributed by atoms with van der Waals surface area (Å²) in [7, 11) is 0. The van der Waals surface area contributed by atoms with Gasteiger partial charge in [0.2, 0.25) is 0 Å². The van der Waals surface area contributed by atoms with E-state index in [1.807, 2.05) is 24.4 Å². The van der Waals surface area contributed by atoms with Crippen LogP contribution in [-0.4, -0.2) is 9.61 Å². The van der Waals surface area contributed by atoms with Gasteiger partial charge < -0.3 is 5.73 Å². The zero-order valence-electron chi connectivity index (χ0n) is 10.3. The molecule has 1 unspecified atom stereocenters. The highest BCUT2D eigenvalue weighted by atomic mass is 19.1. The van der Waals surface area contributed by atoms with Crippen LogP contribution in [0, 0.1) is 5.82 Å². The maximum atomic E-state index is 12.9. The minimum atomic E-state index is -0.228. The fourth-order valence-corrected chi connectivity index (χ4v) is 2.22. The monoisotopic (exact) mass is 255 g/mol. The number of halogens is 1. The number of rotatable bonds is 3. The molecule has 0 aliphatic carbocycles. The Balaban J connectivity index is 1.87. The summed E-state index contributed by atoms with van der Waals surface area (Å²) < 4.78 is 14.7. The van der Waals surface area contributed by atoms with Crippen molar-refractivity contribution < 1.29 is 4.39 Å². The van der Waals surface area contributed by atoms with Crippen molar-refractivity contribution in [3.05, 3.63) is 71.8 Å². The molecular formula is C15H14FN3. The molecule has 3 rings (SSSR count). The van der Waals surface area contributed by atoms with Crippen molar-refractivity contribution in [3.8, 4) is 0 Å². The predicted octanol–water partition coefficient (Wildman–Crippen LogP) is 2.72. The quantitative estimate of drug-likeness (QED) is 0.782. The number of nitrogens with two attached hydrogens (primary N) is 1. The highest BCUT2D eigenvalue weighted by Gasteiger charge is 2.12. The summed E-state index contributed by atoms with van der Waals surface area (Å²) in [4.78, 5) is 0. The summed E-state index contributed by atoms with van der Waals surface area (Å²) in [6, 6.07) is 12.2. The van der Waals surface area contributed by atoms with Gasteiger partial charge in [-0.2, -0.15) is 5.10 Å². The normalized spacial score (nSPS) is 12.7. The lowest BCUT2D eigenvalue weighted by Crippen LogP contribution is -2.13. The third-order valence-corrected chi connectivity index (χ3v) is 3.22. The number of pyridine rings is 1. The summed E-state index contributed by atoms with van der Waals surface area (Å²) in [5.74, 6) is -0.228. The Morgan fingerprint density at radius 3 is 2.74 bits per heavy atom. The van der Waals surface area contributed by atoms with Crippen LogP contribution in [0.15, 0.2) is 54.9 Å². The average molecular weight is 255 g/mol. The second kappa shape index (κ2) is 4.82. The lowest BCUT2D eigenvalue weighted by atomic mass is 10.0. The van der Waals surface area contributed by atoms with E-state index in [0.29, 0.717) is 6.42 Å². The van der Waals surface area contributed by atoms with Gasteiger partial charge in [-0.05, 0) is 36.2 Å². The summed E-state index contributed by atoms with van der Waals surface area (Å²) >= 11 is 0. The van der Waals surface area contributed by atoms with Gasteiger partial charge in [-0.25, -0.2) is 8.91 Å². The number of nitrogens with zero attached hydrogens (tertiary/aromatic N) is 2. The van der Waals surface area contributed by atoms with E-state index < -0.39 is 0 Å². The maximum absolute atomic E-state index is 12.9. The Labute approximate surface area is 110 Å². The first-order valence-corrected chi connectivity index (χ1v) is 6.16. The Morgan fingerprint density at radius 2 is 1.95 bits per heavy atom. The molecule has 1 atom stereocenters. The SMILES string of the molecule is NC(Cc1ccc(F)cc1)c1cnn2ccccc12. The molecule has 0 fully saturated rings. The average Bonchev–Trinajstić information content (AvgIpc) is 2.85. The Kier molecular flexibility index (Phi) is 3.01. The molecule has 0 aliphatic rings. The number of aromatic nitrogens is 2. The van der Waals surface area contributed by atoms with E-state index >= 15 is 0 Å². The van der Waals surface area contributed by atoms with Crippen LogP contribution in [0.25, 0.3) is 5.52 Å². The molecule has 0 radical (unpaired) electrons. The van der Waals surface area contributed by atoms with E-state index in [0.717, 1.165) is 16.6 Å². The van der Waals surface area contributed by atoms with E-state index in [1.54, 1.807) is 22.8 Å². The van der Waals surface area contributed by atoms with Crippen molar-refractivity contribution in [3.63, 3.8) is 0 Å². The van der Waals surface area contributed by atoms with Crippen molar-refractivity contribution in [2.24, 2.45) is 5.73 Å². The predicted molar refractivity (Wildman–Crippen MR) is 72.2 cm³/mol. The molecule has 0 saturated carbocycles. The first kappa shape index (κ1) is 11.9. The van der Waals surface area contributed by atoms with Crippen LogP contribution < -0.4 is 5.73 Å². The summed E-state index contributed by atoms with van der Waals surface area (Å²) in [6.45, 7) is 0. The van der Waals surface area contributed by atoms with Crippen LogP contribution in [-0.2, 0) is 6.42 Å². The maximum Gasteiger partial charge on any atom is 0.123 e. The second-order valence-electron chi connectivity index (χ2n) is 4.57. The molecule has 0 bridgehead atoms. The van der Waals surface area contributed by atoms with E-state index in [1.165, 1.54) is 12.1 Å². The van der Waals surface area contributed by atoms with Gasteiger partial charge in [0, 0.05) is 17.8 Å². The van der Waals surface area contributed by atoms with E-state index in [2.05, 4.69) is 5.10 Å². The van der Waals surface area contributed by atoms with Crippen LogP contribution in [0.3, 0.4) is 0 Å². The van der Waals surface area contributed by atoms with Crippen molar-refractivity contribution >= 4 is 5.52 Å². The molecule has 3 aromatic rings. The number of fused-ring (bicyclic) bond motifs is 1. The summed E-state index contributed by atoms with van der Waals surface area (Å²) in [5, 5.41) is 4.27. The van der Waals surface area contributed by atoms with Crippen molar-refractivity contribution in [2.45, 2.75) is 12.5 Å². The molecule has 2 N–H and O–H groups in total. The highest BCUT2D eigenvalue weighted by molar-refractivity contribution is 5.55. The second-order valence-corrected chi connectivity index (χ2v) is 4.57. The molecular weight excluding hydrogens is 241 g/mol. The minimum Gasteiger partial charge on any atom is -0.324 e. The number of hydrogen-bond donors (Lipinski definition) is 1. The van der Waals surface area contributed by atoms with E-state index in [9.17, 15) is 4.39 Å². The van der Waals surface area contributed by atoms with E-state index in [-0.39, 0.29) is 11.9 Å². The molecule has 19 heavy (non-hydrogen) atoms. The molecule has 1 aromatic carbocycles. The molecule has 96 valence electrons. The third kappa shape index (κ3) is 2.35. The molecule has 2 aromatic heterocycles. The smallest absolute Gasteiger partial charge is 0.123 e. The molecule has 0 amide bonds. The zero-order valence-corrected chi connectivity index (χ0v) is 10.3. The topological polar surface area (TPSA) is 43.3 Å². The van der Waals surface area contributed by atoms with Crippen LogP contribution >= 0.6 is 0 Å². The van der Waals surface area contributed by atoms with Crippen LogP contribution in [0.4, 0.5) is 4.39 Å². The molecule has 3 nitrogen and oxygen atoms in total. The van der Waals surface area contributed by atoms with Gasteiger partial charge in [0.25, 0.3) is 0 Å². The number of hydrogen-bond acceptors (Lipinski definition) is 2. The molecule has 2 heterocycles. The lowest BCUT2D eigenvalue weighted by molar-refractivity contribution is 0.625.